The Morgan fingerprint density at radius 3 is 2.93 bits per heavy atom. The summed E-state index contributed by atoms with van der Waals surface area (Å²) in [6.07, 6.45) is 2.58. The Kier molecular flexibility index (Phi) is 6.95. The van der Waals surface area contributed by atoms with Crippen molar-refractivity contribution in [2.24, 2.45) is 0 Å². The van der Waals surface area contributed by atoms with Gasteiger partial charge in [-0.25, -0.2) is 9.97 Å². The second-order valence-corrected chi connectivity index (χ2v) is 7.76. The van der Waals surface area contributed by atoms with Crippen molar-refractivity contribution in [1.29, 1.82) is 0 Å². The number of aromatic amines is 1. The largest absolute Gasteiger partial charge is 0.423 e. The molecule has 0 unspecified atom stereocenters. The number of aromatic nitrogens is 4. The number of nitrogens with zero attached hydrogens (tertiary/aromatic N) is 4. The molecule has 0 bridgehead atoms. The number of alkyl halides is 3. The minimum Gasteiger partial charge on any atom is -0.358 e. The van der Waals surface area contributed by atoms with Gasteiger partial charge in [-0.15, -0.1) is 0 Å². The number of hydrogen-bond acceptors (Lipinski definition) is 6. The van der Waals surface area contributed by atoms with Gasteiger partial charge in [-0.05, 0) is 41.5 Å². The quantitative estimate of drug-likeness (QED) is 0.495. The van der Waals surface area contributed by atoms with Crippen LogP contribution >= 0.6 is 22.6 Å². The van der Waals surface area contributed by atoms with Gasteiger partial charge >= 0.3 is 6.18 Å². The molecule has 1 fully saturated rings. The summed E-state index contributed by atoms with van der Waals surface area (Å²) < 4.78 is 37.0. The average molecular weight is 533 g/mol. The number of rotatable bonds is 6. The molecule has 30 heavy (non-hydrogen) atoms. The van der Waals surface area contributed by atoms with Crippen LogP contribution in [-0.2, 0) is 0 Å². The van der Waals surface area contributed by atoms with Crippen molar-refractivity contribution in [3.8, 4) is 0 Å². The number of carbonyl (C=O) groups excluding carboxylic acids is 1. The molecule has 0 saturated carbocycles. The highest BCUT2D eigenvalue weighted by atomic mass is 127. The van der Waals surface area contributed by atoms with E-state index >= 15 is 0 Å². The number of anilines is 1. The number of carbonyl (C=O) groups is 1. The van der Waals surface area contributed by atoms with E-state index in [1.165, 1.54) is 41.2 Å². The Balaban J connectivity index is 1.64. The smallest absolute Gasteiger partial charge is 0.358 e. The van der Waals surface area contributed by atoms with E-state index in [4.69, 9.17) is 0 Å². The van der Waals surface area contributed by atoms with Crippen molar-refractivity contribution in [2.75, 3.05) is 18.0 Å². The first-order chi connectivity index (χ1) is 14.2. The zero-order chi connectivity index (χ0) is 21.7. The summed E-state index contributed by atoms with van der Waals surface area (Å²) in [4.78, 5) is 22.7. The second kappa shape index (κ2) is 9.45. The summed E-state index contributed by atoms with van der Waals surface area (Å²) in [5.41, 5.74) is 0.609. The fraction of sp³-hybridized carbons (Fsp3) is 0.333. The van der Waals surface area contributed by atoms with Crippen LogP contribution in [0.3, 0.4) is 0 Å². The molecule has 2 aromatic rings. The molecule has 160 valence electrons. The van der Waals surface area contributed by atoms with Crippen molar-refractivity contribution in [3.05, 3.63) is 52.4 Å². The number of hydrogen-bond donors (Lipinski definition) is 3. The van der Waals surface area contributed by atoms with Gasteiger partial charge in [0, 0.05) is 37.7 Å². The maximum atomic E-state index is 12.6. The van der Waals surface area contributed by atoms with Gasteiger partial charge in [0.1, 0.15) is 9.40 Å². The molecule has 1 atom stereocenters. The van der Waals surface area contributed by atoms with Crippen molar-refractivity contribution in [3.63, 3.8) is 0 Å². The standard InChI is InChI=1S/C18H19F3IN7O/c1-11(24-9-14(22)18(19,20)21)16-23-5-4-15(28-16)29-6-2-3-13(10-29)27-17(30)12-7-25-26-8-12/h4-5,7-9,13,24H,1-3,6,10H2,(H,25,26)(H,27,30)/b14-9-/t13-/m0/s1. The number of H-pyrrole nitrogens is 1. The van der Waals surface area contributed by atoms with E-state index in [1.54, 1.807) is 6.07 Å². The van der Waals surface area contributed by atoms with Crippen molar-refractivity contribution >= 4 is 40.0 Å². The van der Waals surface area contributed by atoms with E-state index in [-0.39, 0.29) is 23.5 Å². The van der Waals surface area contributed by atoms with Gasteiger partial charge in [-0.3, -0.25) is 9.89 Å². The number of amides is 1. The molecule has 0 radical (unpaired) electrons. The SMILES string of the molecule is C=C(N/C=C(\I)C(F)(F)F)c1nccc(N2CCC[C@H](NC(=O)c3cn[nH]c3)C2)n1. The molecule has 1 amide bonds. The van der Waals surface area contributed by atoms with Crippen LogP contribution in [0.15, 0.2) is 41.0 Å². The Labute approximate surface area is 184 Å². The van der Waals surface area contributed by atoms with Gasteiger partial charge in [0.25, 0.3) is 5.91 Å². The van der Waals surface area contributed by atoms with Crippen molar-refractivity contribution < 1.29 is 18.0 Å². The normalized spacial score (nSPS) is 17.5. The fourth-order valence-corrected chi connectivity index (χ4v) is 3.07. The highest BCUT2D eigenvalue weighted by Gasteiger charge is 2.31. The third-order valence-electron chi connectivity index (χ3n) is 4.40. The van der Waals surface area contributed by atoms with Gasteiger partial charge in [0.15, 0.2) is 5.82 Å². The molecule has 0 spiro atoms. The summed E-state index contributed by atoms with van der Waals surface area (Å²) in [6.45, 7) is 5.00. The lowest BCUT2D eigenvalue weighted by molar-refractivity contribution is -0.0820. The summed E-state index contributed by atoms with van der Waals surface area (Å²) in [5.74, 6) is 0.599. The van der Waals surface area contributed by atoms with Gasteiger partial charge in [0.2, 0.25) is 0 Å². The van der Waals surface area contributed by atoms with Gasteiger partial charge in [-0.2, -0.15) is 18.3 Å². The van der Waals surface area contributed by atoms with Crippen LogP contribution in [0.4, 0.5) is 19.0 Å². The Morgan fingerprint density at radius 2 is 2.23 bits per heavy atom. The molecule has 12 heteroatoms. The summed E-state index contributed by atoms with van der Waals surface area (Å²) >= 11 is 1.20. The Hall–Kier alpha value is -2.64. The van der Waals surface area contributed by atoms with E-state index in [9.17, 15) is 18.0 Å². The van der Waals surface area contributed by atoms with Crippen LogP contribution in [0, 0.1) is 0 Å². The summed E-state index contributed by atoms with van der Waals surface area (Å²) in [7, 11) is 0. The predicted molar refractivity (Wildman–Crippen MR) is 114 cm³/mol. The van der Waals surface area contributed by atoms with Gasteiger partial charge in [0.05, 0.1) is 17.5 Å². The number of piperidine rings is 1. The maximum absolute atomic E-state index is 12.6. The predicted octanol–water partition coefficient (Wildman–Crippen LogP) is 3.00. The lowest BCUT2D eigenvalue weighted by Crippen LogP contribution is -2.48. The molecule has 3 heterocycles. The summed E-state index contributed by atoms with van der Waals surface area (Å²) in [6, 6.07) is 1.64. The molecule has 2 aromatic heterocycles. The number of nitrogens with one attached hydrogen (secondary N) is 3. The first kappa shape index (κ1) is 22.1. The van der Waals surface area contributed by atoms with E-state index in [2.05, 4.69) is 37.4 Å². The number of halogens is 4. The minimum atomic E-state index is -4.43. The molecular formula is C18H19F3IN7O. The van der Waals surface area contributed by atoms with Gasteiger partial charge in [-0.1, -0.05) is 6.58 Å². The van der Waals surface area contributed by atoms with Crippen molar-refractivity contribution in [2.45, 2.75) is 25.1 Å². The Bertz CT molecular complexity index is 930. The van der Waals surface area contributed by atoms with Gasteiger partial charge < -0.3 is 15.5 Å². The topological polar surface area (TPSA) is 98.8 Å². The molecule has 3 N–H and O–H groups in total. The second-order valence-electron chi connectivity index (χ2n) is 6.60. The van der Waals surface area contributed by atoms with E-state index in [0.29, 0.717) is 17.9 Å². The van der Waals surface area contributed by atoms with E-state index in [0.717, 1.165) is 25.6 Å². The van der Waals surface area contributed by atoms with E-state index in [1.807, 2.05) is 4.90 Å². The molecule has 1 aliphatic rings. The van der Waals surface area contributed by atoms with Crippen LogP contribution < -0.4 is 15.5 Å². The van der Waals surface area contributed by atoms with Crippen LogP contribution in [0.2, 0.25) is 0 Å². The molecular weight excluding hydrogens is 514 g/mol. The zero-order valence-electron chi connectivity index (χ0n) is 15.7. The summed E-state index contributed by atoms with van der Waals surface area (Å²) in [5, 5.41) is 11.8. The molecule has 1 aliphatic heterocycles. The third kappa shape index (κ3) is 5.70. The van der Waals surface area contributed by atoms with E-state index < -0.39 is 9.76 Å². The maximum Gasteiger partial charge on any atom is 0.423 e. The molecule has 8 nitrogen and oxygen atoms in total. The first-order valence-electron chi connectivity index (χ1n) is 9.00. The van der Waals surface area contributed by atoms with Crippen LogP contribution in [0.5, 0.6) is 0 Å². The van der Waals surface area contributed by atoms with Crippen LogP contribution in [0.1, 0.15) is 29.0 Å². The molecule has 1 saturated heterocycles. The molecule has 3 rings (SSSR count). The molecule has 0 aromatic carbocycles. The third-order valence-corrected chi connectivity index (χ3v) is 5.32. The highest BCUT2D eigenvalue weighted by Crippen LogP contribution is 2.30. The zero-order valence-corrected chi connectivity index (χ0v) is 17.9. The lowest BCUT2D eigenvalue weighted by atomic mass is 10.1. The Morgan fingerprint density at radius 1 is 1.43 bits per heavy atom. The van der Waals surface area contributed by atoms with Crippen LogP contribution in [-0.4, -0.2) is 51.4 Å². The minimum absolute atomic E-state index is 0.0720. The number of allylic oxidation sites excluding steroid dienone is 1. The van der Waals surface area contributed by atoms with Crippen LogP contribution in [0.25, 0.3) is 5.70 Å². The average Bonchev–Trinajstić information content (AvgIpc) is 3.26. The van der Waals surface area contributed by atoms with Crippen molar-refractivity contribution in [1.82, 2.24) is 30.8 Å². The fourth-order valence-electron chi connectivity index (χ4n) is 2.91. The highest BCUT2D eigenvalue weighted by molar-refractivity contribution is 14.1. The first-order valence-corrected chi connectivity index (χ1v) is 10.1. The monoisotopic (exact) mass is 533 g/mol. The lowest BCUT2D eigenvalue weighted by Gasteiger charge is -2.34. The molecule has 0 aliphatic carbocycles.